The van der Waals surface area contributed by atoms with Gasteiger partial charge in [-0.2, -0.15) is 5.10 Å². The summed E-state index contributed by atoms with van der Waals surface area (Å²) in [6, 6.07) is 0.535. The van der Waals surface area contributed by atoms with E-state index in [-0.39, 0.29) is 11.9 Å². The number of carbonyl (C=O) groups is 1. The summed E-state index contributed by atoms with van der Waals surface area (Å²) in [4.78, 5) is 11.9. The maximum absolute atomic E-state index is 11.9. The molecule has 0 radical (unpaired) electrons. The van der Waals surface area contributed by atoms with E-state index >= 15 is 0 Å². The average Bonchev–Trinajstić information content (AvgIpc) is 2.98. The molecule has 2 N–H and O–H groups in total. The lowest BCUT2D eigenvalue weighted by atomic mass is 10.1. The van der Waals surface area contributed by atoms with Gasteiger partial charge in [-0.1, -0.05) is 12.8 Å². The van der Waals surface area contributed by atoms with Crippen LogP contribution in [0.15, 0.2) is 6.20 Å². The van der Waals surface area contributed by atoms with Crippen molar-refractivity contribution in [2.45, 2.75) is 51.6 Å². The van der Waals surface area contributed by atoms with Gasteiger partial charge in [-0.3, -0.25) is 9.48 Å². The molecule has 1 aliphatic rings. The Morgan fingerprint density at radius 2 is 2.21 bits per heavy atom. The molecule has 0 aliphatic heterocycles. The van der Waals surface area contributed by atoms with Crippen molar-refractivity contribution < 1.29 is 4.79 Å². The van der Waals surface area contributed by atoms with E-state index in [1.165, 1.54) is 25.7 Å². The molecule has 1 aromatic heterocycles. The van der Waals surface area contributed by atoms with E-state index in [0.717, 1.165) is 11.3 Å². The lowest BCUT2D eigenvalue weighted by Crippen LogP contribution is -2.39. The van der Waals surface area contributed by atoms with Crippen molar-refractivity contribution in [1.29, 1.82) is 0 Å². The monoisotopic (exact) mass is 264 g/mol. The molecule has 1 aromatic rings. The Labute approximate surface area is 114 Å². The van der Waals surface area contributed by atoms with Gasteiger partial charge in [0, 0.05) is 24.3 Å². The topological polar surface area (TPSA) is 59.0 Å². The fraction of sp³-hybridized carbons (Fsp3) is 0.714. The first kappa shape index (κ1) is 14.1. The van der Waals surface area contributed by atoms with Crippen LogP contribution in [0.1, 0.15) is 49.9 Å². The summed E-state index contributed by atoms with van der Waals surface area (Å²) in [5.41, 5.74) is 2.17. The van der Waals surface area contributed by atoms with Gasteiger partial charge < -0.3 is 10.6 Å². The van der Waals surface area contributed by atoms with Crippen LogP contribution in [-0.4, -0.2) is 28.3 Å². The van der Waals surface area contributed by atoms with Crippen LogP contribution in [0.3, 0.4) is 0 Å². The van der Waals surface area contributed by atoms with Crippen LogP contribution in [0.25, 0.3) is 0 Å². The Kier molecular flexibility index (Phi) is 4.58. The highest BCUT2D eigenvalue weighted by Crippen LogP contribution is 2.18. The summed E-state index contributed by atoms with van der Waals surface area (Å²) in [6.45, 7) is 4.42. The predicted octanol–water partition coefficient (Wildman–Crippen LogP) is 1.44. The average molecular weight is 264 g/mol. The van der Waals surface area contributed by atoms with Gasteiger partial charge in [0.15, 0.2) is 0 Å². The predicted molar refractivity (Wildman–Crippen MR) is 74.8 cm³/mol. The molecule has 0 spiro atoms. The van der Waals surface area contributed by atoms with Gasteiger partial charge in [-0.25, -0.2) is 0 Å². The SMILES string of the molecule is Cc1c(C(C)NC(=O)CNC2CCCC2)cnn1C. The maximum Gasteiger partial charge on any atom is 0.234 e. The van der Waals surface area contributed by atoms with E-state index in [0.29, 0.717) is 12.6 Å². The molecular formula is C14H24N4O. The standard InChI is InChI=1S/C14H24N4O/c1-10(13-8-16-18(3)11(13)2)17-14(19)9-15-12-6-4-5-7-12/h8,10,12,15H,4-7,9H2,1-3H3,(H,17,19). The number of rotatable bonds is 5. The zero-order valence-corrected chi connectivity index (χ0v) is 12.1. The maximum atomic E-state index is 11.9. The lowest BCUT2D eigenvalue weighted by molar-refractivity contribution is -0.121. The van der Waals surface area contributed by atoms with Crippen LogP contribution >= 0.6 is 0 Å². The van der Waals surface area contributed by atoms with Gasteiger partial charge in [0.2, 0.25) is 5.91 Å². The molecule has 1 saturated carbocycles. The molecule has 106 valence electrons. The second-order valence-corrected chi connectivity index (χ2v) is 5.46. The highest BCUT2D eigenvalue weighted by molar-refractivity contribution is 5.78. The minimum Gasteiger partial charge on any atom is -0.348 e. The van der Waals surface area contributed by atoms with Gasteiger partial charge in [0.25, 0.3) is 0 Å². The number of hydrogen-bond donors (Lipinski definition) is 2. The first-order chi connectivity index (χ1) is 9.08. The van der Waals surface area contributed by atoms with E-state index in [9.17, 15) is 4.79 Å². The van der Waals surface area contributed by atoms with Crippen molar-refractivity contribution in [3.8, 4) is 0 Å². The molecule has 1 heterocycles. The number of hydrogen-bond acceptors (Lipinski definition) is 3. The number of nitrogens with zero attached hydrogens (tertiary/aromatic N) is 2. The molecule has 0 bridgehead atoms. The van der Waals surface area contributed by atoms with Gasteiger partial charge in [0.1, 0.15) is 0 Å². The molecule has 0 saturated heterocycles. The van der Waals surface area contributed by atoms with Crippen molar-refractivity contribution in [3.05, 3.63) is 17.5 Å². The summed E-state index contributed by atoms with van der Waals surface area (Å²) < 4.78 is 1.83. The Hall–Kier alpha value is -1.36. The largest absolute Gasteiger partial charge is 0.348 e. The molecule has 1 fully saturated rings. The van der Waals surface area contributed by atoms with E-state index < -0.39 is 0 Å². The van der Waals surface area contributed by atoms with Crippen molar-refractivity contribution >= 4 is 5.91 Å². The van der Waals surface area contributed by atoms with E-state index in [4.69, 9.17) is 0 Å². The lowest BCUT2D eigenvalue weighted by Gasteiger charge is -2.16. The molecule has 1 atom stereocenters. The Balaban J connectivity index is 1.79. The zero-order valence-electron chi connectivity index (χ0n) is 12.1. The van der Waals surface area contributed by atoms with E-state index in [1.807, 2.05) is 31.8 Å². The van der Waals surface area contributed by atoms with Crippen LogP contribution in [0.5, 0.6) is 0 Å². The number of carbonyl (C=O) groups excluding carboxylic acids is 1. The van der Waals surface area contributed by atoms with Gasteiger partial charge in [-0.05, 0) is 26.7 Å². The number of aromatic nitrogens is 2. The van der Waals surface area contributed by atoms with Crippen LogP contribution in [-0.2, 0) is 11.8 Å². The second-order valence-electron chi connectivity index (χ2n) is 5.46. The summed E-state index contributed by atoms with van der Waals surface area (Å²) in [7, 11) is 1.91. The first-order valence-corrected chi connectivity index (χ1v) is 7.09. The third-order valence-corrected chi connectivity index (χ3v) is 4.02. The molecule has 5 heteroatoms. The third-order valence-electron chi connectivity index (χ3n) is 4.02. The highest BCUT2D eigenvalue weighted by Gasteiger charge is 2.17. The summed E-state index contributed by atoms with van der Waals surface area (Å²) in [6.07, 6.45) is 6.79. The smallest absolute Gasteiger partial charge is 0.234 e. The quantitative estimate of drug-likeness (QED) is 0.846. The van der Waals surface area contributed by atoms with Gasteiger partial charge >= 0.3 is 0 Å². The van der Waals surface area contributed by atoms with Crippen LogP contribution in [0.2, 0.25) is 0 Å². The van der Waals surface area contributed by atoms with Crippen LogP contribution in [0, 0.1) is 6.92 Å². The van der Waals surface area contributed by atoms with Gasteiger partial charge in [-0.15, -0.1) is 0 Å². The number of nitrogens with one attached hydrogen (secondary N) is 2. The minimum atomic E-state index is 0.00609. The van der Waals surface area contributed by atoms with Crippen molar-refractivity contribution in [1.82, 2.24) is 20.4 Å². The molecule has 19 heavy (non-hydrogen) atoms. The van der Waals surface area contributed by atoms with Crippen molar-refractivity contribution in [2.24, 2.45) is 7.05 Å². The van der Waals surface area contributed by atoms with Crippen LogP contribution < -0.4 is 10.6 Å². The van der Waals surface area contributed by atoms with Gasteiger partial charge in [0.05, 0.1) is 18.8 Å². The molecule has 5 nitrogen and oxygen atoms in total. The molecule has 1 amide bonds. The normalized spacial score (nSPS) is 17.6. The summed E-state index contributed by atoms with van der Waals surface area (Å²) >= 11 is 0. The highest BCUT2D eigenvalue weighted by atomic mass is 16.1. The van der Waals surface area contributed by atoms with E-state index in [2.05, 4.69) is 15.7 Å². The van der Waals surface area contributed by atoms with Crippen molar-refractivity contribution in [3.63, 3.8) is 0 Å². The van der Waals surface area contributed by atoms with Crippen LogP contribution in [0.4, 0.5) is 0 Å². The molecule has 1 aliphatic carbocycles. The minimum absolute atomic E-state index is 0.00609. The zero-order chi connectivity index (χ0) is 13.8. The Morgan fingerprint density at radius 1 is 1.53 bits per heavy atom. The molecule has 0 aromatic carbocycles. The summed E-state index contributed by atoms with van der Waals surface area (Å²) in [5, 5.41) is 10.5. The second kappa shape index (κ2) is 6.19. The molecule has 1 unspecified atom stereocenters. The number of amides is 1. The summed E-state index contributed by atoms with van der Waals surface area (Å²) in [5.74, 6) is 0.0580. The number of aryl methyl sites for hydroxylation is 1. The Morgan fingerprint density at radius 3 is 2.79 bits per heavy atom. The molecule has 2 rings (SSSR count). The Bertz CT molecular complexity index is 435. The fourth-order valence-electron chi connectivity index (χ4n) is 2.68. The van der Waals surface area contributed by atoms with Crippen molar-refractivity contribution in [2.75, 3.05) is 6.54 Å². The first-order valence-electron chi connectivity index (χ1n) is 7.09. The fourth-order valence-corrected chi connectivity index (χ4v) is 2.68. The van der Waals surface area contributed by atoms with E-state index in [1.54, 1.807) is 0 Å². The third kappa shape index (κ3) is 3.56. The molecular weight excluding hydrogens is 240 g/mol.